The van der Waals surface area contributed by atoms with E-state index in [1.54, 1.807) is 0 Å². The van der Waals surface area contributed by atoms with Crippen LogP contribution in [0.5, 0.6) is 0 Å². The van der Waals surface area contributed by atoms with Gasteiger partial charge in [-0.25, -0.2) is 0 Å². The van der Waals surface area contributed by atoms with Crippen molar-refractivity contribution >= 4 is 5.96 Å². The van der Waals surface area contributed by atoms with Crippen LogP contribution in [0.3, 0.4) is 0 Å². The van der Waals surface area contributed by atoms with Crippen LogP contribution in [0.25, 0.3) is 0 Å². The Morgan fingerprint density at radius 3 is 3.07 bits per heavy atom. The number of nitrogens with two attached hydrogens (primary N) is 1. The lowest BCUT2D eigenvalue weighted by molar-refractivity contribution is 0.0513. The SMILES string of the molecule is NC1=NCC2(COCc3ccccc32)N1. The van der Waals surface area contributed by atoms with Crippen molar-refractivity contribution in [3.05, 3.63) is 35.4 Å². The summed E-state index contributed by atoms with van der Waals surface area (Å²) in [6.07, 6.45) is 0. The first-order chi connectivity index (χ1) is 7.30. The van der Waals surface area contributed by atoms with Gasteiger partial charge in [-0.05, 0) is 11.1 Å². The fraction of sp³-hybridized carbons (Fsp3) is 0.364. The molecule has 0 saturated heterocycles. The lowest BCUT2D eigenvalue weighted by Crippen LogP contribution is -2.51. The van der Waals surface area contributed by atoms with E-state index in [-0.39, 0.29) is 5.54 Å². The predicted octanol–water partition coefficient (Wildman–Crippen LogP) is 0.330. The number of nitrogens with zero attached hydrogens (tertiary/aromatic N) is 1. The number of guanidine groups is 1. The summed E-state index contributed by atoms with van der Waals surface area (Å²) >= 11 is 0. The quantitative estimate of drug-likeness (QED) is 0.639. The molecule has 4 nitrogen and oxygen atoms in total. The highest BCUT2D eigenvalue weighted by Gasteiger charge is 2.40. The molecule has 1 atom stereocenters. The summed E-state index contributed by atoms with van der Waals surface area (Å²) < 4.78 is 5.59. The third-order valence-electron chi connectivity index (χ3n) is 3.03. The fourth-order valence-electron chi connectivity index (χ4n) is 2.30. The summed E-state index contributed by atoms with van der Waals surface area (Å²) in [5.74, 6) is 0.510. The number of ether oxygens (including phenoxy) is 1. The van der Waals surface area contributed by atoms with Gasteiger partial charge in [0.2, 0.25) is 0 Å². The van der Waals surface area contributed by atoms with Crippen molar-refractivity contribution < 1.29 is 4.74 Å². The van der Waals surface area contributed by atoms with E-state index in [1.807, 2.05) is 12.1 Å². The molecule has 0 bridgehead atoms. The van der Waals surface area contributed by atoms with Crippen LogP contribution in [0.4, 0.5) is 0 Å². The molecule has 0 amide bonds. The molecule has 2 aliphatic heterocycles. The highest BCUT2D eigenvalue weighted by molar-refractivity contribution is 5.81. The number of hydrogen-bond acceptors (Lipinski definition) is 4. The molecule has 2 aliphatic rings. The van der Waals surface area contributed by atoms with E-state index in [1.165, 1.54) is 11.1 Å². The Labute approximate surface area is 88.1 Å². The lowest BCUT2D eigenvalue weighted by Gasteiger charge is -2.35. The summed E-state index contributed by atoms with van der Waals surface area (Å²) in [5, 5.41) is 3.23. The van der Waals surface area contributed by atoms with Gasteiger partial charge in [0.05, 0.1) is 19.8 Å². The van der Waals surface area contributed by atoms with Gasteiger partial charge < -0.3 is 15.8 Å². The normalized spacial score (nSPS) is 28.4. The maximum Gasteiger partial charge on any atom is 0.189 e. The Balaban J connectivity index is 2.07. The minimum atomic E-state index is -0.223. The molecule has 0 saturated carbocycles. The monoisotopic (exact) mass is 203 g/mol. The van der Waals surface area contributed by atoms with Gasteiger partial charge >= 0.3 is 0 Å². The molecule has 0 radical (unpaired) electrons. The van der Waals surface area contributed by atoms with Crippen molar-refractivity contribution in [3.8, 4) is 0 Å². The maximum atomic E-state index is 5.68. The largest absolute Gasteiger partial charge is 0.374 e. The Kier molecular flexibility index (Phi) is 1.73. The van der Waals surface area contributed by atoms with Crippen molar-refractivity contribution in [1.82, 2.24) is 5.32 Å². The van der Waals surface area contributed by atoms with Crippen molar-refractivity contribution in [2.45, 2.75) is 12.1 Å². The first kappa shape index (κ1) is 8.73. The second-order valence-electron chi connectivity index (χ2n) is 4.06. The molecule has 1 spiro atoms. The lowest BCUT2D eigenvalue weighted by atomic mass is 9.86. The summed E-state index contributed by atoms with van der Waals surface area (Å²) in [6.45, 7) is 1.98. The number of hydrogen-bond donors (Lipinski definition) is 2. The van der Waals surface area contributed by atoms with Crippen LogP contribution >= 0.6 is 0 Å². The number of rotatable bonds is 0. The van der Waals surface area contributed by atoms with Crippen LogP contribution in [0.1, 0.15) is 11.1 Å². The molecular weight excluding hydrogens is 190 g/mol. The van der Waals surface area contributed by atoms with E-state index in [4.69, 9.17) is 10.5 Å². The maximum absolute atomic E-state index is 5.68. The second-order valence-corrected chi connectivity index (χ2v) is 4.06. The number of nitrogens with one attached hydrogen (secondary N) is 1. The fourth-order valence-corrected chi connectivity index (χ4v) is 2.30. The van der Waals surface area contributed by atoms with Crippen LogP contribution in [0, 0.1) is 0 Å². The third kappa shape index (κ3) is 1.22. The average molecular weight is 203 g/mol. The molecule has 0 fully saturated rings. The van der Waals surface area contributed by atoms with Crippen LogP contribution in [0.15, 0.2) is 29.3 Å². The molecule has 15 heavy (non-hydrogen) atoms. The zero-order valence-electron chi connectivity index (χ0n) is 8.36. The van der Waals surface area contributed by atoms with Crippen molar-refractivity contribution in [2.75, 3.05) is 13.2 Å². The first-order valence-electron chi connectivity index (χ1n) is 5.04. The zero-order valence-corrected chi connectivity index (χ0v) is 8.36. The first-order valence-corrected chi connectivity index (χ1v) is 5.04. The van der Waals surface area contributed by atoms with Gasteiger partial charge in [0.25, 0.3) is 0 Å². The van der Waals surface area contributed by atoms with Crippen molar-refractivity contribution in [3.63, 3.8) is 0 Å². The molecule has 78 valence electrons. The molecule has 1 aromatic rings. The zero-order chi connectivity index (χ0) is 10.3. The average Bonchev–Trinajstić information content (AvgIpc) is 2.62. The van der Waals surface area contributed by atoms with E-state index < -0.39 is 0 Å². The standard InChI is InChI=1S/C11H13N3O/c12-10-13-6-11(14-10)7-15-5-8-3-1-2-4-9(8)11/h1-4H,5-7H2,(H3,12,13,14). The third-order valence-corrected chi connectivity index (χ3v) is 3.03. The molecule has 0 aliphatic carbocycles. The minimum Gasteiger partial charge on any atom is -0.374 e. The van der Waals surface area contributed by atoms with Crippen LogP contribution < -0.4 is 11.1 Å². The Morgan fingerprint density at radius 2 is 2.27 bits per heavy atom. The summed E-state index contributed by atoms with van der Waals surface area (Å²) in [5.41, 5.74) is 7.95. The van der Waals surface area contributed by atoms with Crippen molar-refractivity contribution in [2.24, 2.45) is 10.7 Å². The van der Waals surface area contributed by atoms with Gasteiger partial charge in [-0.2, -0.15) is 0 Å². The Morgan fingerprint density at radius 1 is 1.40 bits per heavy atom. The highest BCUT2D eigenvalue weighted by atomic mass is 16.5. The van der Waals surface area contributed by atoms with Gasteiger partial charge in [-0.1, -0.05) is 24.3 Å². The van der Waals surface area contributed by atoms with Crippen LogP contribution in [0.2, 0.25) is 0 Å². The van der Waals surface area contributed by atoms with E-state index >= 15 is 0 Å². The summed E-state index contributed by atoms with van der Waals surface area (Å²) in [7, 11) is 0. The smallest absolute Gasteiger partial charge is 0.189 e. The van der Waals surface area contributed by atoms with Gasteiger partial charge in [0.1, 0.15) is 5.54 Å². The molecule has 3 rings (SSSR count). The van der Waals surface area contributed by atoms with Gasteiger partial charge in [0, 0.05) is 0 Å². The molecular formula is C11H13N3O. The van der Waals surface area contributed by atoms with Crippen LogP contribution in [-0.4, -0.2) is 19.1 Å². The molecule has 2 heterocycles. The second kappa shape index (κ2) is 2.97. The number of fused-ring (bicyclic) bond motifs is 2. The summed E-state index contributed by atoms with van der Waals surface area (Å²) in [4.78, 5) is 4.22. The van der Waals surface area contributed by atoms with Gasteiger partial charge in [0.15, 0.2) is 5.96 Å². The van der Waals surface area contributed by atoms with Gasteiger partial charge in [-0.15, -0.1) is 0 Å². The highest BCUT2D eigenvalue weighted by Crippen LogP contribution is 2.32. The van der Waals surface area contributed by atoms with Crippen molar-refractivity contribution in [1.29, 1.82) is 0 Å². The summed E-state index contributed by atoms with van der Waals surface area (Å²) in [6, 6.07) is 8.29. The van der Waals surface area contributed by atoms with E-state index in [2.05, 4.69) is 22.4 Å². The molecule has 4 heteroatoms. The Hall–Kier alpha value is -1.55. The minimum absolute atomic E-state index is 0.223. The number of benzene rings is 1. The van der Waals surface area contributed by atoms with E-state index in [0.29, 0.717) is 25.7 Å². The van der Waals surface area contributed by atoms with Crippen LogP contribution in [-0.2, 0) is 16.9 Å². The predicted molar refractivity (Wildman–Crippen MR) is 57.4 cm³/mol. The number of aliphatic imine (C=N–C) groups is 1. The Bertz CT molecular complexity index is 430. The van der Waals surface area contributed by atoms with Gasteiger partial charge in [-0.3, -0.25) is 4.99 Å². The molecule has 3 N–H and O–H groups in total. The molecule has 1 aromatic carbocycles. The topological polar surface area (TPSA) is 59.6 Å². The molecule has 0 aromatic heterocycles. The van der Waals surface area contributed by atoms with E-state index in [9.17, 15) is 0 Å². The molecule has 1 unspecified atom stereocenters. The van der Waals surface area contributed by atoms with E-state index in [0.717, 1.165) is 0 Å².